The van der Waals surface area contributed by atoms with Crippen LogP contribution in [0.3, 0.4) is 0 Å². The van der Waals surface area contributed by atoms with Gasteiger partial charge < -0.3 is 5.73 Å². The van der Waals surface area contributed by atoms with Crippen molar-refractivity contribution < 1.29 is 9.18 Å². The number of hydrogen-bond acceptors (Lipinski definition) is 3. The minimum Gasteiger partial charge on any atom is -0.366 e. The number of amides is 1. The van der Waals surface area contributed by atoms with Gasteiger partial charge in [0.1, 0.15) is 11.6 Å². The number of nitrogens with zero attached hydrogens (tertiary/aromatic N) is 3. The van der Waals surface area contributed by atoms with Crippen LogP contribution >= 0.6 is 0 Å². The molecule has 1 fully saturated rings. The molecule has 2 aromatic heterocycles. The molecule has 1 aliphatic carbocycles. The molecule has 0 radical (unpaired) electrons. The van der Waals surface area contributed by atoms with E-state index in [0.29, 0.717) is 17.4 Å². The van der Waals surface area contributed by atoms with Gasteiger partial charge in [0.25, 0.3) is 0 Å². The molecule has 0 aliphatic heterocycles. The summed E-state index contributed by atoms with van der Waals surface area (Å²) in [4.78, 5) is 21.3. The summed E-state index contributed by atoms with van der Waals surface area (Å²) in [6.07, 6.45) is 6.06. The van der Waals surface area contributed by atoms with E-state index >= 15 is 0 Å². The number of fused-ring (bicyclic) bond motifs is 2. The van der Waals surface area contributed by atoms with Crippen LogP contribution in [0.1, 0.15) is 66.2 Å². The van der Waals surface area contributed by atoms with Crippen molar-refractivity contribution in [1.82, 2.24) is 14.5 Å². The van der Waals surface area contributed by atoms with Gasteiger partial charge in [0.15, 0.2) is 0 Å². The molecule has 1 saturated carbocycles. The van der Waals surface area contributed by atoms with Gasteiger partial charge in [-0.25, -0.2) is 9.37 Å². The van der Waals surface area contributed by atoms with Gasteiger partial charge in [-0.15, -0.1) is 0 Å². The normalized spacial score (nSPS) is 18.8. The second-order valence-electron chi connectivity index (χ2n) is 10.2. The summed E-state index contributed by atoms with van der Waals surface area (Å²) in [7, 11) is 0. The number of imidazole rings is 1. The maximum Gasteiger partial charge on any atom is 0.248 e. The number of aromatic nitrogens is 3. The Kier molecular flexibility index (Phi) is 5.95. The van der Waals surface area contributed by atoms with Crippen LogP contribution in [0.5, 0.6) is 0 Å². The molecule has 1 unspecified atom stereocenters. The van der Waals surface area contributed by atoms with Gasteiger partial charge >= 0.3 is 0 Å². The second kappa shape index (κ2) is 9.43. The highest BCUT2D eigenvalue weighted by Crippen LogP contribution is 2.44. The van der Waals surface area contributed by atoms with E-state index in [9.17, 15) is 9.18 Å². The van der Waals surface area contributed by atoms with Crippen LogP contribution in [0, 0.1) is 11.7 Å². The van der Waals surface area contributed by atoms with Crippen LogP contribution in [0.25, 0.3) is 27.6 Å². The topological polar surface area (TPSA) is 73.8 Å². The first-order chi connectivity index (χ1) is 18.0. The van der Waals surface area contributed by atoms with E-state index in [1.807, 2.05) is 30.5 Å². The lowest BCUT2D eigenvalue weighted by atomic mass is 9.73. The van der Waals surface area contributed by atoms with Gasteiger partial charge in [0.05, 0.1) is 16.6 Å². The standard InChI is InChI=1S/C31H29FN4O/c1-19(20-7-9-21(10-8-20)25-15-16-34-27-13-12-23(32)18-26(25)27)31-35-28-17-22(30(33)37)11-14-29(28)36(31)24-5-3-2-4-6-24/h2-6,11-21H,7-10H2,1H3,(H2,33,37). The molecule has 186 valence electrons. The largest absolute Gasteiger partial charge is 0.366 e. The van der Waals surface area contributed by atoms with Crippen molar-refractivity contribution >= 4 is 27.8 Å². The summed E-state index contributed by atoms with van der Waals surface area (Å²) in [6, 6.07) is 22.7. The summed E-state index contributed by atoms with van der Waals surface area (Å²) in [5.41, 5.74) is 10.9. The lowest BCUT2D eigenvalue weighted by Crippen LogP contribution is -2.20. The van der Waals surface area contributed by atoms with Gasteiger partial charge in [-0.3, -0.25) is 14.3 Å². The molecular formula is C31H29FN4O. The Hall–Kier alpha value is -4.06. The molecule has 2 heterocycles. The minimum absolute atomic E-state index is 0.219. The van der Waals surface area contributed by atoms with Gasteiger partial charge in [-0.1, -0.05) is 25.1 Å². The van der Waals surface area contributed by atoms with Crippen LogP contribution in [0.4, 0.5) is 4.39 Å². The van der Waals surface area contributed by atoms with E-state index < -0.39 is 5.91 Å². The molecule has 3 aromatic carbocycles. The highest BCUT2D eigenvalue weighted by Gasteiger charge is 2.31. The van der Waals surface area contributed by atoms with Crippen molar-refractivity contribution in [3.8, 4) is 5.69 Å². The number of carbonyl (C=O) groups is 1. The first-order valence-electron chi connectivity index (χ1n) is 12.9. The van der Waals surface area contributed by atoms with Crippen LogP contribution < -0.4 is 5.73 Å². The van der Waals surface area contributed by atoms with Crippen molar-refractivity contribution in [2.75, 3.05) is 0 Å². The molecule has 0 bridgehead atoms. The number of pyridine rings is 1. The van der Waals surface area contributed by atoms with E-state index in [0.717, 1.165) is 59.1 Å². The van der Waals surface area contributed by atoms with Gasteiger partial charge in [0.2, 0.25) is 5.91 Å². The zero-order valence-electron chi connectivity index (χ0n) is 20.8. The molecule has 6 rings (SSSR count). The number of halogens is 1. The van der Waals surface area contributed by atoms with Gasteiger partial charge in [0, 0.05) is 28.8 Å². The maximum atomic E-state index is 14.0. The molecule has 0 spiro atoms. The average Bonchev–Trinajstić information content (AvgIpc) is 3.31. The monoisotopic (exact) mass is 492 g/mol. The Labute approximate surface area is 215 Å². The minimum atomic E-state index is -0.451. The fourth-order valence-corrected chi connectivity index (χ4v) is 6.04. The Balaban J connectivity index is 1.31. The number of rotatable bonds is 5. The van der Waals surface area contributed by atoms with Gasteiger partial charge in [-0.05, 0) is 97.7 Å². The fraction of sp³-hybridized carbons (Fsp3) is 0.258. The molecular weight excluding hydrogens is 463 g/mol. The third-order valence-electron chi connectivity index (χ3n) is 8.04. The molecule has 6 heteroatoms. The van der Waals surface area contributed by atoms with Crippen LogP contribution in [0.15, 0.2) is 79.0 Å². The Morgan fingerprint density at radius 3 is 2.51 bits per heavy atom. The Morgan fingerprint density at radius 2 is 1.76 bits per heavy atom. The van der Waals surface area contributed by atoms with E-state index in [1.54, 1.807) is 24.3 Å². The summed E-state index contributed by atoms with van der Waals surface area (Å²) < 4.78 is 16.2. The maximum absolute atomic E-state index is 14.0. The van der Waals surface area contributed by atoms with E-state index in [-0.39, 0.29) is 11.7 Å². The third kappa shape index (κ3) is 4.26. The van der Waals surface area contributed by atoms with Crippen molar-refractivity contribution in [2.45, 2.75) is 44.4 Å². The molecule has 1 aliphatic rings. The highest BCUT2D eigenvalue weighted by molar-refractivity contribution is 5.96. The number of nitrogens with two attached hydrogens (primary N) is 1. The Morgan fingerprint density at radius 1 is 0.973 bits per heavy atom. The van der Waals surface area contributed by atoms with E-state index in [4.69, 9.17) is 10.7 Å². The van der Waals surface area contributed by atoms with Crippen LogP contribution in [0.2, 0.25) is 0 Å². The first-order valence-corrected chi connectivity index (χ1v) is 12.9. The second-order valence-corrected chi connectivity index (χ2v) is 10.2. The summed E-state index contributed by atoms with van der Waals surface area (Å²) in [5, 5.41) is 0.926. The number of benzene rings is 3. The van der Waals surface area contributed by atoms with Crippen LogP contribution in [-0.4, -0.2) is 20.4 Å². The average molecular weight is 493 g/mol. The van der Waals surface area contributed by atoms with Crippen molar-refractivity contribution in [3.05, 3.63) is 102 Å². The number of hydrogen-bond donors (Lipinski definition) is 1. The van der Waals surface area contributed by atoms with Crippen molar-refractivity contribution in [1.29, 1.82) is 0 Å². The molecule has 5 aromatic rings. The molecule has 5 nitrogen and oxygen atoms in total. The SMILES string of the molecule is CC(c1nc2cc(C(N)=O)ccc2n1-c1ccccc1)C1CCC(c2ccnc3ccc(F)cc23)CC1. The third-order valence-corrected chi connectivity index (χ3v) is 8.04. The summed E-state index contributed by atoms with van der Waals surface area (Å²) in [5.74, 6) is 1.41. The van der Waals surface area contributed by atoms with Crippen LogP contribution in [-0.2, 0) is 0 Å². The Bertz CT molecular complexity index is 1600. The summed E-state index contributed by atoms with van der Waals surface area (Å²) in [6.45, 7) is 2.26. The first kappa shape index (κ1) is 23.3. The van der Waals surface area contributed by atoms with Crippen molar-refractivity contribution in [3.63, 3.8) is 0 Å². The number of carbonyl (C=O) groups excluding carboxylic acids is 1. The molecule has 2 N–H and O–H groups in total. The summed E-state index contributed by atoms with van der Waals surface area (Å²) >= 11 is 0. The zero-order valence-corrected chi connectivity index (χ0v) is 20.8. The lowest BCUT2D eigenvalue weighted by molar-refractivity contribution is 0.100. The predicted molar refractivity (Wildman–Crippen MR) is 144 cm³/mol. The molecule has 0 saturated heterocycles. The zero-order chi connectivity index (χ0) is 25.5. The van der Waals surface area contributed by atoms with Crippen molar-refractivity contribution in [2.24, 2.45) is 11.7 Å². The predicted octanol–water partition coefficient (Wildman–Crippen LogP) is 6.89. The van der Waals surface area contributed by atoms with E-state index in [1.165, 1.54) is 11.6 Å². The van der Waals surface area contributed by atoms with Gasteiger partial charge in [-0.2, -0.15) is 0 Å². The number of para-hydroxylation sites is 1. The molecule has 1 atom stereocenters. The smallest absolute Gasteiger partial charge is 0.248 e. The highest BCUT2D eigenvalue weighted by atomic mass is 19.1. The molecule has 37 heavy (non-hydrogen) atoms. The quantitative estimate of drug-likeness (QED) is 0.290. The molecule has 1 amide bonds. The lowest BCUT2D eigenvalue weighted by Gasteiger charge is -2.33. The number of primary amides is 1. The van der Waals surface area contributed by atoms with E-state index in [2.05, 4.69) is 34.7 Å². The fourth-order valence-electron chi connectivity index (χ4n) is 6.04.